The van der Waals surface area contributed by atoms with Crippen molar-refractivity contribution in [1.29, 1.82) is 0 Å². The summed E-state index contributed by atoms with van der Waals surface area (Å²) < 4.78 is 0. The molecular formula is C16H19N3O3. The Balaban J connectivity index is 1.72. The number of carbonyl (C=O) groups is 2. The van der Waals surface area contributed by atoms with Gasteiger partial charge in [0.05, 0.1) is 0 Å². The van der Waals surface area contributed by atoms with E-state index in [1.54, 1.807) is 9.80 Å². The summed E-state index contributed by atoms with van der Waals surface area (Å²) in [5.41, 5.74) is 2.67. The minimum absolute atomic E-state index is 0.0510. The van der Waals surface area contributed by atoms with Gasteiger partial charge in [-0.3, -0.25) is 9.59 Å². The minimum atomic E-state index is -0.477. The SMILES string of the molecule is Cc1ccc2cc(C(=O)N3CCN(C(=O)CO)CC3)[nH]c2c1. The number of aliphatic hydroxyl groups is 1. The summed E-state index contributed by atoms with van der Waals surface area (Å²) >= 11 is 0. The van der Waals surface area contributed by atoms with Crippen LogP contribution >= 0.6 is 0 Å². The van der Waals surface area contributed by atoms with Crippen LogP contribution in [0.3, 0.4) is 0 Å². The fourth-order valence-electron chi connectivity index (χ4n) is 2.79. The van der Waals surface area contributed by atoms with Crippen molar-refractivity contribution in [3.8, 4) is 0 Å². The Morgan fingerprint density at radius 1 is 1.14 bits per heavy atom. The molecule has 2 aromatic rings. The van der Waals surface area contributed by atoms with Crippen LogP contribution in [0.25, 0.3) is 10.9 Å². The van der Waals surface area contributed by atoms with E-state index in [-0.39, 0.29) is 11.8 Å². The van der Waals surface area contributed by atoms with Gasteiger partial charge in [0.2, 0.25) is 5.91 Å². The maximum absolute atomic E-state index is 12.5. The maximum Gasteiger partial charge on any atom is 0.270 e. The molecule has 0 saturated carbocycles. The molecule has 1 fully saturated rings. The van der Waals surface area contributed by atoms with Crippen LogP contribution in [0, 0.1) is 6.92 Å². The highest BCUT2D eigenvalue weighted by Gasteiger charge is 2.25. The molecule has 2 heterocycles. The topological polar surface area (TPSA) is 76.6 Å². The Bertz CT molecular complexity index is 714. The number of hydrogen-bond acceptors (Lipinski definition) is 3. The summed E-state index contributed by atoms with van der Waals surface area (Å²) in [6.07, 6.45) is 0. The molecule has 6 nitrogen and oxygen atoms in total. The summed E-state index contributed by atoms with van der Waals surface area (Å²) in [6, 6.07) is 7.89. The van der Waals surface area contributed by atoms with Gasteiger partial charge in [0.1, 0.15) is 12.3 Å². The van der Waals surface area contributed by atoms with Crippen molar-refractivity contribution in [2.75, 3.05) is 32.8 Å². The molecule has 1 saturated heterocycles. The molecule has 2 N–H and O–H groups in total. The third kappa shape index (κ3) is 2.69. The van der Waals surface area contributed by atoms with E-state index in [1.807, 2.05) is 31.2 Å². The van der Waals surface area contributed by atoms with Gasteiger partial charge in [-0.05, 0) is 24.6 Å². The van der Waals surface area contributed by atoms with Crippen molar-refractivity contribution in [3.63, 3.8) is 0 Å². The third-order valence-electron chi connectivity index (χ3n) is 4.06. The molecule has 0 atom stereocenters. The molecule has 1 aliphatic heterocycles. The van der Waals surface area contributed by atoms with Gasteiger partial charge in [-0.2, -0.15) is 0 Å². The van der Waals surface area contributed by atoms with Crippen LogP contribution in [0.1, 0.15) is 16.1 Å². The summed E-state index contributed by atoms with van der Waals surface area (Å²) in [7, 11) is 0. The molecule has 2 amide bonds. The molecule has 22 heavy (non-hydrogen) atoms. The number of nitrogens with one attached hydrogen (secondary N) is 1. The summed E-state index contributed by atoms with van der Waals surface area (Å²) in [5.74, 6) is -0.335. The predicted molar refractivity (Wildman–Crippen MR) is 82.6 cm³/mol. The molecule has 0 aliphatic carbocycles. The van der Waals surface area contributed by atoms with E-state index in [4.69, 9.17) is 5.11 Å². The largest absolute Gasteiger partial charge is 0.387 e. The number of aliphatic hydroxyl groups excluding tert-OH is 1. The van der Waals surface area contributed by atoms with Crippen molar-refractivity contribution >= 4 is 22.7 Å². The van der Waals surface area contributed by atoms with E-state index in [1.165, 1.54) is 0 Å². The number of rotatable bonds is 2. The van der Waals surface area contributed by atoms with Crippen LogP contribution in [0.5, 0.6) is 0 Å². The molecule has 1 aliphatic rings. The van der Waals surface area contributed by atoms with Crippen molar-refractivity contribution in [2.24, 2.45) is 0 Å². The highest BCUT2D eigenvalue weighted by atomic mass is 16.3. The smallest absolute Gasteiger partial charge is 0.270 e. The highest BCUT2D eigenvalue weighted by Crippen LogP contribution is 2.18. The van der Waals surface area contributed by atoms with Gasteiger partial charge in [-0.1, -0.05) is 12.1 Å². The molecule has 0 radical (unpaired) electrons. The lowest BCUT2D eigenvalue weighted by atomic mass is 10.2. The Labute approximate surface area is 128 Å². The first-order valence-corrected chi connectivity index (χ1v) is 7.36. The number of piperazine rings is 1. The van der Waals surface area contributed by atoms with Crippen molar-refractivity contribution in [2.45, 2.75) is 6.92 Å². The van der Waals surface area contributed by atoms with Crippen LogP contribution in [-0.2, 0) is 4.79 Å². The average Bonchev–Trinajstić information content (AvgIpc) is 2.96. The number of aryl methyl sites for hydroxylation is 1. The molecule has 0 spiro atoms. The Kier molecular flexibility index (Phi) is 3.85. The maximum atomic E-state index is 12.5. The molecule has 1 aromatic carbocycles. The first-order chi connectivity index (χ1) is 10.6. The van der Waals surface area contributed by atoms with E-state index in [9.17, 15) is 9.59 Å². The predicted octanol–water partition coefficient (Wildman–Crippen LogP) is 0.753. The van der Waals surface area contributed by atoms with Gasteiger partial charge < -0.3 is 19.9 Å². The molecule has 6 heteroatoms. The van der Waals surface area contributed by atoms with E-state index >= 15 is 0 Å². The lowest BCUT2D eigenvalue weighted by Gasteiger charge is -2.34. The quantitative estimate of drug-likeness (QED) is 0.859. The number of carbonyl (C=O) groups excluding carboxylic acids is 2. The number of aromatic amines is 1. The Morgan fingerprint density at radius 3 is 2.50 bits per heavy atom. The number of H-pyrrole nitrogens is 1. The monoisotopic (exact) mass is 301 g/mol. The van der Waals surface area contributed by atoms with Crippen LogP contribution < -0.4 is 0 Å². The fourth-order valence-corrected chi connectivity index (χ4v) is 2.79. The van der Waals surface area contributed by atoms with Gasteiger partial charge in [-0.25, -0.2) is 0 Å². The van der Waals surface area contributed by atoms with Gasteiger partial charge in [0.25, 0.3) is 5.91 Å². The second-order valence-electron chi connectivity index (χ2n) is 5.60. The molecule has 0 bridgehead atoms. The number of aromatic nitrogens is 1. The van der Waals surface area contributed by atoms with Gasteiger partial charge in [0.15, 0.2) is 0 Å². The summed E-state index contributed by atoms with van der Waals surface area (Å²) in [4.78, 5) is 30.5. The average molecular weight is 301 g/mol. The van der Waals surface area contributed by atoms with E-state index in [0.29, 0.717) is 31.9 Å². The molecule has 1 aromatic heterocycles. The zero-order valence-corrected chi connectivity index (χ0v) is 12.5. The standard InChI is InChI=1S/C16H19N3O3/c1-11-2-3-12-9-14(17-13(12)8-11)16(22)19-6-4-18(5-7-19)15(21)10-20/h2-3,8-9,17,20H,4-7,10H2,1H3. The molecule has 116 valence electrons. The second-order valence-corrected chi connectivity index (χ2v) is 5.60. The Morgan fingerprint density at radius 2 is 1.82 bits per heavy atom. The zero-order chi connectivity index (χ0) is 15.7. The number of amides is 2. The fraction of sp³-hybridized carbons (Fsp3) is 0.375. The normalized spacial score (nSPS) is 15.4. The van der Waals surface area contributed by atoms with Gasteiger partial charge in [0, 0.05) is 37.1 Å². The van der Waals surface area contributed by atoms with Gasteiger partial charge in [-0.15, -0.1) is 0 Å². The number of hydrogen-bond donors (Lipinski definition) is 2. The van der Waals surface area contributed by atoms with Crippen molar-refractivity contribution in [1.82, 2.24) is 14.8 Å². The van der Waals surface area contributed by atoms with E-state index < -0.39 is 6.61 Å². The van der Waals surface area contributed by atoms with Crippen LogP contribution in [-0.4, -0.2) is 64.5 Å². The molecule has 3 rings (SSSR count). The zero-order valence-electron chi connectivity index (χ0n) is 12.5. The molecular weight excluding hydrogens is 282 g/mol. The lowest BCUT2D eigenvalue weighted by molar-refractivity contribution is -0.135. The first-order valence-electron chi connectivity index (χ1n) is 7.36. The second kappa shape index (κ2) is 5.81. The summed E-state index contributed by atoms with van der Waals surface area (Å²) in [5, 5.41) is 9.88. The van der Waals surface area contributed by atoms with Crippen LogP contribution in [0.2, 0.25) is 0 Å². The summed E-state index contributed by atoms with van der Waals surface area (Å²) in [6.45, 7) is 3.43. The minimum Gasteiger partial charge on any atom is -0.387 e. The molecule has 0 unspecified atom stereocenters. The van der Waals surface area contributed by atoms with Crippen molar-refractivity contribution in [3.05, 3.63) is 35.5 Å². The Hall–Kier alpha value is -2.34. The number of nitrogens with zero attached hydrogens (tertiary/aromatic N) is 2. The number of benzene rings is 1. The third-order valence-corrected chi connectivity index (χ3v) is 4.06. The lowest BCUT2D eigenvalue weighted by Crippen LogP contribution is -2.51. The number of fused-ring (bicyclic) bond motifs is 1. The van der Waals surface area contributed by atoms with Crippen molar-refractivity contribution < 1.29 is 14.7 Å². The van der Waals surface area contributed by atoms with Gasteiger partial charge >= 0.3 is 0 Å². The van der Waals surface area contributed by atoms with Crippen LogP contribution in [0.4, 0.5) is 0 Å². The van der Waals surface area contributed by atoms with E-state index in [2.05, 4.69) is 4.98 Å². The highest BCUT2D eigenvalue weighted by molar-refractivity contribution is 5.98. The van der Waals surface area contributed by atoms with E-state index in [0.717, 1.165) is 16.5 Å². The van der Waals surface area contributed by atoms with Crippen LogP contribution in [0.15, 0.2) is 24.3 Å². The first kappa shape index (κ1) is 14.6.